The highest BCUT2D eigenvalue weighted by Gasteiger charge is 2.38. The lowest BCUT2D eigenvalue weighted by molar-refractivity contribution is -0.184. The zero-order chi connectivity index (χ0) is 15.4. The van der Waals surface area contributed by atoms with E-state index >= 15 is 0 Å². The molecule has 0 bridgehead atoms. The third-order valence-electron chi connectivity index (χ3n) is 3.54. The number of benzene rings is 2. The Morgan fingerprint density at radius 1 is 1.18 bits per heavy atom. The third kappa shape index (κ3) is 3.27. The molecule has 0 aliphatic carbocycles. The average molecular weight is 299 g/mol. The maximum atomic E-state index is 11.8. The van der Waals surface area contributed by atoms with E-state index in [9.17, 15) is 9.90 Å². The minimum atomic E-state index is -0.953. The van der Waals surface area contributed by atoms with Crippen molar-refractivity contribution < 1.29 is 19.4 Å². The van der Waals surface area contributed by atoms with Crippen LogP contribution in [0.3, 0.4) is 0 Å². The van der Waals surface area contributed by atoms with Crippen molar-refractivity contribution >= 4 is 11.8 Å². The predicted molar refractivity (Wildman–Crippen MR) is 81.4 cm³/mol. The number of amides is 1. The molecule has 1 saturated heterocycles. The van der Waals surface area contributed by atoms with Crippen molar-refractivity contribution in [2.24, 2.45) is 0 Å². The summed E-state index contributed by atoms with van der Waals surface area (Å²) < 4.78 is 10.2. The third-order valence-corrected chi connectivity index (χ3v) is 3.54. The van der Waals surface area contributed by atoms with Gasteiger partial charge in [-0.2, -0.15) is 0 Å². The lowest BCUT2D eigenvalue weighted by atomic mass is 9.92. The SMILES string of the molecule is O=C(Nc1cccc(C2(O)COC2)c1)OCc1ccccc1. The summed E-state index contributed by atoms with van der Waals surface area (Å²) >= 11 is 0. The number of carbonyl (C=O) groups is 1. The van der Waals surface area contributed by atoms with E-state index in [1.54, 1.807) is 18.2 Å². The summed E-state index contributed by atoms with van der Waals surface area (Å²) in [5, 5.41) is 12.9. The highest BCUT2D eigenvalue weighted by atomic mass is 16.5. The normalized spacial score (nSPS) is 15.7. The van der Waals surface area contributed by atoms with E-state index in [4.69, 9.17) is 9.47 Å². The summed E-state index contributed by atoms with van der Waals surface area (Å²) in [7, 11) is 0. The number of nitrogens with one attached hydrogen (secondary N) is 1. The number of aliphatic hydroxyl groups is 1. The fourth-order valence-electron chi connectivity index (χ4n) is 2.23. The molecule has 1 aliphatic heterocycles. The minimum absolute atomic E-state index is 0.212. The van der Waals surface area contributed by atoms with Crippen LogP contribution in [0.1, 0.15) is 11.1 Å². The van der Waals surface area contributed by atoms with Crippen molar-refractivity contribution in [3.05, 3.63) is 65.7 Å². The quantitative estimate of drug-likeness (QED) is 0.910. The first-order valence-corrected chi connectivity index (χ1v) is 7.04. The first-order chi connectivity index (χ1) is 10.7. The lowest BCUT2D eigenvalue weighted by Gasteiger charge is -2.36. The highest BCUT2D eigenvalue weighted by Crippen LogP contribution is 2.30. The number of anilines is 1. The number of hydrogen-bond acceptors (Lipinski definition) is 4. The molecule has 1 aliphatic rings. The van der Waals surface area contributed by atoms with Gasteiger partial charge in [0, 0.05) is 5.69 Å². The molecular weight excluding hydrogens is 282 g/mol. The topological polar surface area (TPSA) is 67.8 Å². The molecule has 1 heterocycles. The average Bonchev–Trinajstić information content (AvgIpc) is 2.52. The van der Waals surface area contributed by atoms with E-state index in [1.807, 2.05) is 36.4 Å². The van der Waals surface area contributed by atoms with Gasteiger partial charge in [0.15, 0.2) is 0 Å². The van der Waals surface area contributed by atoms with Crippen molar-refractivity contribution in [1.82, 2.24) is 0 Å². The zero-order valence-corrected chi connectivity index (χ0v) is 12.0. The monoisotopic (exact) mass is 299 g/mol. The van der Waals surface area contributed by atoms with Crippen LogP contribution in [0.2, 0.25) is 0 Å². The van der Waals surface area contributed by atoms with E-state index in [1.165, 1.54) is 0 Å². The first kappa shape index (κ1) is 14.6. The fourth-order valence-corrected chi connectivity index (χ4v) is 2.23. The van der Waals surface area contributed by atoms with E-state index in [2.05, 4.69) is 5.32 Å². The van der Waals surface area contributed by atoms with Crippen molar-refractivity contribution in [2.75, 3.05) is 18.5 Å². The molecule has 0 radical (unpaired) electrons. The Morgan fingerprint density at radius 3 is 2.64 bits per heavy atom. The molecule has 22 heavy (non-hydrogen) atoms. The number of ether oxygens (including phenoxy) is 2. The largest absolute Gasteiger partial charge is 0.444 e. The van der Waals surface area contributed by atoms with Gasteiger partial charge in [-0.25, -0.2) is 4.79 Å². The summed E-state index contributed by atoms with van der Waals surface area (Å²) in [5.74, 6) is 0. The standard InChI is InChI=1S/C17H17NO4/c19-16(22-10-13-5-2-1-3-6-13)18-15-8-4-7-14(9-15)17(20)11-21-12-17/h1-9,20H,10-12H2,(H,18,19). The molecule has 0 unspecified atom stereocenters. The summed E-state index contributed by atoms with van der Waals surface area (Å²) in [6, 6.07) is 16.5. The van der Waals surface area contributed by atoms with E-state index in [0.29, 0.717) is 5.69 Å². The summed E-state index contributed by atoms with van der Waals surface area (Å²) in [6.45, 7) is 0.758. The van der Waals surface area contributed by atoms with Gasteiger partial charge in [-0.15, -0.1) is 0 Å². The van der Waals surface area contributed by atoms with Gasteiger partial charge in [0.25, 0.3) is 0 Å². The molecule has 1 fully saturated rings. The summed E-state index contributed by atoms with van der Waals surface area (Å²) in [4.78, 5) is 11.8. The van der Waals surface area contributed by atoms with Gasteiger partial charge in [-0.1, -0.05) is 42.5 Å². The van der Waals surface area contributed by atoms with Gasteiger partial charge in [0.05, 0.1) is 13.2 Å². The molecular formula is C17H17NO4. The Balaban J connectivity index is 1.58. The molecule has 5 heteroatoms. The van der Waals surface area contributed by atoms with Crippen molar-refractivity contribution in [3.8, 4) is 0 Å². The second kappa shape index (κ2) is 6.17. The van der Waals surface area contributed by atoms with Crippen LogP contribution in [-0.4, -0.2) is 24.4 Å². The molecule has 114 valence electrons. The van der Waals surface area contributed by atoms with Crippen molar-refractivity contribution in [1.29, 1.82) is 0 Å². The molecule has 2 aromatic rings. The second-order valence-corrected chi connectivity index (χ2v) is 5.29. The Hall–Kier alpha value is -2.37. The van der Waals surface area contributed by atoms with Crippen LogP contribution in [0.25, 0.3) is 0 Å². The van der Waals surface area contributed by atoms with Crippen molar-refractivity contribution in [3.63, 3.8) is 0 Å². The van der Waals surface area contributed by atoms with Crippen LogP contribution in [0, 0.1) is 0 Å². The Bertz CT molecular complexity index is 653. The smallest absolute Gasteiger partial charge is 0.411 e. The van der Waals surface area contributed by atoms with Crippen molar-refractivity contribution in [2.45, 2.75) is 12.2 Å². The Morgan fingerprint density at radius 2 is 1.95 bits per heavy atom. The van der Waals surface area contributed by atoms with E-state index in [-0.39, 0.29) is 19.8 Å². The summed E-state index contributed by atoms with van der Waals surface area (Å²) in [5.41, 5.74) is 1.27. The molecule has 0 atom stereocenters. The highest BCUT2D eigenvalue weighted by molar-refractivity contribution is 5.84. The van der Waals surface area contributed by atoms with Gasteiger partial charge in [-0.05, 0) is 23.3 Å². The Labute approximate surface area is 128 Å². The van der Waals surface area contributed by atoms with Gasteiger partial charge in [0.2, 0.25) is 0 Å². The van der Waals surface area contributed by atoms with Crippen LogP contribution in [0.5, 0.6) is 0 Å². The molecule has 0 aromatic heterocycles. The van der Waals surface area contributed by atoms with Crippen LogP contribution >= 0.6 is 0 Å². The maximum Gasteiger partial charge on any atom is 0.411 e. The van der Waals surface area contributed by atoms with Gasteiger partial charge < -0.3 is 14.6 Å². The lowest BCUT2D eigenvalue weighted by Crippen LogP contribution is -2.46. The molecule has 0 spiro atoms. The van der Waals surface area contributed by atoms with Crippen LogP contribution in [0.4, 0.5) is 10.5 Å². The van der Waals surface area contributed by atoms with E-state index in [0.717, 1.165) is 11.1 Å². The molecule has 0 saturated carbocycles. The number of hydrogen-bond donors (Lipinski definition) is 2. The Kier molecular flexibility index (Phi) is 4.09. The molecule has 1 amide bonds. The second-order valence-electron chi connectivity index (χ2n) is 5.29. The predicted octanol–water partition coefficient (Wildman–Crippen LogP) is 2.65. The molecule has 5 nitrogen and oxygen atoms in total. The number of carbonyl (C=O) groups excluding carboxylic acids is 1. The van der Waals surface area contributed by atoms with Gasteiger partial charge in [-0.3, -0.25) is 5.32 Å². The molecule has 3 rings (SSSR count). The fraction of sp³-hybridized carbons (Fsp3) is 0.235. The maximum absolute atomic E-state index is 11.8. The molecule has 2 aromatic carbocycles. The molecule has 2 N–H and O–H groups in total. The van der Waals surface area contributed by atoms with Gasteiger partial charge in [0.1, 0.15) is 12.2 Å². The zero-order valence-electron chi connectivity index (χ0n) is 12.0. The van der Waals surface area contributed by atoms with Crippen LogP contribution < -0.4 is 5.32 Å². The van der Waals surface area contributed by atoms with E-state index < -0.39 is 11.7 Å². The van der Waals surface area contributed by atoms with Crippen LogP contribution in [0.15, 0.2) is 54.6 Å². The minimum Gasteiger partial charge on any atom is -0.444 e. The number of rotatable bonds is 4. The van der Waals surface area contributed by atoms with Crippen LogP contribution in [-0.2, 0) is 21.7 Å². The summed E-state index contributed by atoms with van der Waals surface area (Å²) in [6.07, 6.45) is -0.530. The first-order valence-electron chi connectivity index (χ1n) is 7.04. The van der Waals surface area contributed by atoms with Gasteiger partial charge >= 0.3 is 6.09 Å².